The van der Waals surface area contributed by atoms with Gasteiger partial charge in [-0.15, -0.1) is 0 Å². The fourth-order valence-electron chi connectivity index (χ4n) is 3.31. The summed E-state index contributed by atoms with van der Waals surface area (Å²) in [5.74, 6) is 6.30. The van der Waals surface area contributed by atoms with E-state index in [-0.39, 0.29) is 11.9 Å². The number of hydrogen-bond donors (Lipinski definition) is 2. The second kappa shape index (κ2) is 6.35. The van der Waals surface area contributed by atoms with Crippen LogP contribution in [0.1, 0.15) is 42.6 Å². The summed E-state index contributed by atoms with van der Waals surface area (Å²) in [5, 5.41) is 12.8. The van der Waals surface area contributed by atoms with Crippen molar-refractivity contribution in [1.82, 2.24) is 10.2 Å². The lowest BCUT2D eigenvalue weighted by Crippen LogP contribution is -2.57. The predicted molar refractivity (Wildman–Crippen MR) is 90.0 cm³/mol. The number of amides is 1. The van der Waals surface area contributed by atoms with E-state index in [9.17, 15) is 9.90 Å². The maximum absolute atomic E-state index is 12.4. The third-order valence-electron chi connectivity index (χ3n) is 4.63. The van der Waals surface area contributed by atoms with Crippen molar-refractivity contribution in [1.29, 1.82) is 0 Å². The van der Waals surface area contributed by atoms with Crippen LogP contribution in [-0.4, -0.2) is 47.2 Å². The monoisotopic (exact) mass is 312 g/mol. The molecule has 3 aliphatic rings. The average Bonchev–Trinajstić information content (AvgIpc) is 2.54. The molecule has 23 heavy (non-hydrogen) atoms. The first kappa shape index (κ1) is 16.0. The fourth-order valence-corrected chi connectivity index (χ4v) is 3.31. The van der Waals surface area contributed by atoms with Crippen molar-refractivity contribution in [3.63, 3.8) is 0 Å². The van der Waals surface area contributed by atoms with Crippen LogP contribution in [0.5, 0.6) is 0 Å². The van der Waals surface area contributed by atoms with E-state index in [2.05, 4.69) is 22.1 Å². The van der Waals surface area contributed by atoms with Crippen LogP contribution in [0.15, 0.2) is 24.3 Å². The van der Waals surface area contributed by atoms with E-state index in [1.165, 1.54) is 25.9 Å². The van der Waals surface area contributed by atoms with Crippen molar-refractivity contribution < 1.29 is 9.90 Å². The maximum Gasteiger partial charge on any atom is 0.251 e. The van der Waals surface area contributed by atoms with Crippen LogP contribution < -0.4 is 5.32 Å². The van der Waals surface area contributed by atoms with Gasteiger partial charge in [0, 0.05) is 23.7 Å². The van der Waals surface area contributed by atoms with Gasteiger partial charge in [-0.1, -0.05) is 11.8 Å². The number of carbonyl (C=O) groups is 1. The zero-order valence-corrected chi connectivity index (χ0v) is 13.8. The second-order valence-corrected chi connectivity index (χ2v) is 7.10. The third-order valence-corrected chi connectivity index (χ3v) is 4.63. The fraction of sp³-hybridized carbons (Fsp3) is 0.526. The molecule has 4 rings (SSSR count). The van der Waals surface area contributed by atoms with E-state index < -0.39 is 5.60 Å². The van der Waals surface area contributed by atoms with E-state index in [4.69, 9.17) is 0 Å². The van der Waals surface area contributed by atoms with E-state index in [1.807, 2.05) is 12.1 Å². The van der Waals surface area contributed by atoms with Gasteiger partial charge in [0.25, 0.3) is 5.91 Å². The molecule has 0 aromatic heterocycles. The maximum atomic E-state index is 12.4. The Morgan fingerprint density at radius 3 is 2.43 bits per heavy atom. The smallest absolute Gasteiger partial charge is 0.251 e. The van der Waals surface area contributed by atoms with Crippen molar-refractivity contribution >= 4 is 5.91 Å². The first-order valence-corrected chi connectivity index (χ1v) is 8.29. The SMILES string of the molecule is CC(C)(O)C#Cc1ccc(C(=O)N[C@@H]2CN3CCC2CC3)cc1. The highest BCUT2D eigenvalue weighted by molar-refractivity contribution is 5.94. The molecule has 1 aromatic carbocycles. The number of aliphatic hydroxyl groups is 1. The molecule has 0 radical (unpaired) electrons. The van der Waals surface area contributed by atoms with Crippen molar-refractivity contribution in [2.75, 3.05) is 19.6 Å². The molecule has 0 unspecified atom stereocenters. The first-order chi connectivity index (χ1) is 10.9. The van der Waals surface area contributed by atoms with E-state index in [0.717, 1.165) is 12.1 Å². The van der Waals surface area contributed by atoms with Gasteiger partial charge in [0.1, 0.15) is 5.60 Å². The molecular formula is C19H24N2O2. The Labute approximate surface area is 137 Å². The molecule has 2 bridgehead atoms. The van der Waals surface area contributed by atoms with Crippen LogP contribution in [0, 0.1) is 17.8 Å². The number of nitrogens with zero attached hydrogens (tertiary/aromatic N) is 1. The zero-order valence-electron chi connectivity index (χ0n) is 13.8. The number of benzene rings is 1. The Morgan fingerprint density at radius 1 is 1.26 bits per heavy atom. The molecule has 4 heteroatoms. The summed E-state index contributed by atoms with van der Waals surface area (Å²) in [6.45, 7) is 6.62. The average molecular weight is 312 g/mol. The normalized spacial score (nSPS) is 26.3. The number of carbonyl (C=O) groups excluding carboxylic acids is 1. The Hall–Kier alpha value is -1.83. The Morgan fingerprint density at radius 2 is 1.91 bits per heavy atom. The molecule has 1 amide bonds. The number of rotatable bonds is 2. The van der Waals surface area contributed by atoms with Gasteiger partial charge >= 0.3 is 0 Å². The van der Waals surface area contributed by atoms with Gasteiger partial charge in [-0.3, -0.25) is 4.79 Å². The molecule has 4 nitrogen and oxygen atoms in total. The summed E-state index contributed by atoms with van der Waals surface area (Å²) in [7, 11) is 0. The molecule has 3 saturated heterocycles. The Balaban J connectivity index is 1.62. The summed E-state index contributed by atoms with van der Waals surface area (Å²) >= 11 is 0. The van der Waals surface area contributed by atoms with E-state index >= 15 is 0 Å². The van der Waals surface area contributed by atoms with Crippen LogP contribution >= 0.6 is 0 Å². The van der Waals surface area contributed by atoms with Crippen LogP contribution in [-0.2, 0) is 0 Å². The van der Waals surface area contributed by atoms with Crippen LogP contribution in [0.25, 0.3) is 0 Å². The number of hydrogen-bond acceptors (Lipinski definition) is 3. The highest BCUT2D eigenvalue weighted by Crippen LogP contribution is 2.27. The third kappa shape index (κ3) is 4.13. The minimum atomic E-state index is -1.01. The summed E-state index contributed by atoms with van der Waals surface area (Å²) < 4.78 is 0. The lowest BCUT2D eigenvalue weighted by atomic mass is 9.84. The van der Waals surface area contributed by atoms with Gasteiger partial charge in [0.05, 0.1) is 0 Å². The molecule has 2 N–H and O–H groups in total. The molecular weight excluding hydrogens is 288 g/mol. The van der Waals surface area contributed by atoms with Crippen molar-refractivity contribution in [3.8, 4) is 11.8 Å². The number of nitrogens with one attached hydrogen (secondary N) is 1. The largest absolute Gasteiger partial charge is 0.378 e. The van der Waals surface area contributed by atoms with Gasteiger partial charge in [-0.25, -0.2) is 0 Å². The van der Waals surface area contributed by atoms with Crippen LogP contribution in [0.3, 0.4) is 0 Å². The molecule has 122 valence electrons. The van der Waals surface area contributed by atoms with Crippen molar-refractivity contribution in [2.45, 2.75) is 38.3 Å². The van der Waals surface area contributed by atoms with Gasteiger partial charge in [0.15, 0.2) is 0 Å². The lowest BCUT2D eigenvalue weighted by Gasteiger charge is -2.44. The lowest BCUT2D eigenvalue weighted by molar-refractivity contribution is 0.0620. The summed E-state index contributed by atoms with van der Waals surface area (Å²) in [6.07, 6.45) is 2.38. The predicted octanol–water partition coefficient (Wildman–Crippen LogP) is 1.63. The quantitative estimate of drug-likeness (QED) is 0.816. The zero-order chi connectivity index (χ0) is 16.4. The van der Waals surface area contributed by atoms with Crippen molar-refractivity contribution in [3.05, 3.63) is 35.4 Å². The number of fused-ring (bicyclic) bond motifs is 3. The minimum Gasteiger partial charge on any atom is -0.378 e. The summed E-state index contributed by atoms with van der Waals surface area (Å²) in [5.41, 5.74) is 0.452. The second-order valence-electron chi connectivity index (χ2n) is 7.10. The molecule has 3 fully saturated rings. The molecule has 3 aliphatic heterocycles. The van der Waals surface area contributed by atoms with Crippen molar-refractivity contribution in [2.24, 2.45) is 5.92 Å². The Bertz CT molecular complexity index is 626. The molecule has 0 spiro atoms. The van der Waals surface area contributed by atoms with Gasteiger partial charge in [-0.2, -0.15) is 0 Å². The molecule has 0 saturated carbocycles. The molecule has 1 atom stereocenters. The van der Waals surface area contributed by atoms with Gasteiger partial charge in [0.2, 0.25) is 0 Å². The molecule has 0 aliphatic carbocycles. The van der Waals surface area contributed by atoms with Crippen LogP contribution in [0.2, 0.25) is 0 Å². The summed E-state index contributed by atoms with van der Waals surface area (Å²) in [6, 6.07) is 7.52. The molecule has 3 heterocycles. The van der Waals surface area contributed by atoms with Gasteiger partial charge in [-0.05, 0) is 70.0 Å². The Kier molecular flexibility index (Phi) is 4.43. The highest BCUT2D eigenvalue weighted by Gasteiger charge is 2.34. The first-order valence-electron chi connectivity index (χ1n) is 8.29. The summed E-state index contributed by atoms with van der Waals surface area (Å²) in [4.78, 5) is 14.8. The van der Waals surface area contributed by atoms with Crippen LogP contribution in [0.4, 0.5) is 0 Å². The van der Waals surface area contributed by atoms with E-state index in [0.29, 0.717) is 11.5 Å². The topological polar surface area (TPSA) is 52.6 Å². The standard InChI is InChI=1S/C19H24N2O2/c1-19(2,23)10-7-14-3-5-16(6-4-14)18(22)20-17-13-21-11-8-15(17)9-12-21/h3-6,15,17,23H,8-9,11-13H2,1-2H3,(H,20,22)/t17-/m1/s1. The van der Waals surface area contributed by atoms with E-state index in [1.54, 1.807) is 26.0 Å². The minimum absolute atomic E-state index is 0.00857. The van der Waals surface area contributed by atoms with Gasteiger partial charge < -0.3 is 15.3 Å². The molecule has 1 aromatic rings. The number of piperidine rings is 3. The highest BCUT2D eigenvalue weighted by atomic mass is 16.3.